The van der Waals surface area contributed by atoms with Gasteiger partial charge in [0.2, 0.25) is 0 Å². The predicted octanol–water partition coefficient (Wildman–Crippen LogP) is 1.93. The Bertz CT molecular complexity index is 352. The van der Waals surface area contributed by atoms with E-state index in [1.165, 1.54) is 0 Å². The van der Waals surface area contributed by atoms with Gasteiger partial charge in [-0.2, -0.15) is 0 Å². The van der Waals surface area contributed by atoms with Gasteiger partial charge >= 0.3 is 12.1 Å². The maximum Gasteiger partial charge on any atom is 0.410 e. The van der Waals surface area contributed by atoms with Crippen molar-refractivity contribution in [2.24, 2.45) is 0 Å². The van der Waals surface area contributed by atoms with Crippen molar-refractivity contribution in [1.29, 1.82) is 0 Å². The topological polar surface area (TPSA) is 67.9 Å². The quantitative estimate of drug-likeness (QED) is 0.804. The van der Waals surface area contributed by atoms with Crippen molar-refractivity contribution >= 4 is 12.1 Å². The van der Waals surface area contributed by atoms with Crippen LogP contribution in [0.1, 0.15) is 47.0 Å². The largest absolute Gasteiger partial charge is 0.465 e. The van der Waals surface area contributed by atoms with Crippen LogP contribution >= 0.6 is 0 Å². The van der Waals surface area contributed by atoms with Crippen molar-refractivity contribution in [2.45, 2.75) is 58.6 Å². The molecule has 1 atom stereocenters. The summed E-state index contributed by atoms with van der Waals surface area (Å²) < 4.78 is 10.3. The number of rotatable bonds is 4. The molecule has 0 radical (unpaired) electrons. The highest BCUT2D eigenvalue weighted by atomic mass is 16.6. The molecule has 6 heteroatoms. The molecule has 1 amide bonds. The highest BCUT2D eigenvalue weighted by Crippen LogP contribution is 2.15. The van der Waals surface area contributed by atoms with E-state index in [-0.39, 0.29) is 24.6 Å². The summed E-state index contributed by atoms with van der Waals surface area (Å²) in [6.45, 7) is 9.37. The van der Waals surface area contributed by atoms with Crippen molar-refractivity contribution in [3.63, 3.8) is 0 Å². The first kappa shape index (κ1) is 17.8. The maximum atomic E-state index is 12.0. The molecule has 1 saturated heterocycles. The van der Waals surface area contributed by atoms with Crippen molar-refractivity contribution in [1.82, 2.24) is 10.2 Å². The normalized spacial score (nSPS) is 19.8. The molecule has 6 nitrogen and oxygen atoms in total. The minimum atomic E-state index is -0.467. The van der Waals surface area contributed by atoms with Crippen LogP contribution in [0.4, 0.5) is 4.79 Å². The van der Waals surface area contributed by atoms with E-state index in [1.807, 2.05) is 20.8 Å². The fourth-order valence-corrected chi connectivity index (χ4v) is 2.25. The van der Waals surface area contributed by atoms with Gasteiger partial charge in [0.25, 0.3) is 0 Å². The highest BCUT2D eigenvalue weighted by Gasteiger charge is 2.25. The Balaban J connectivity index is 2.36. The summed E-state index contributed by atoms with van der Waals surface area (Å²) in [5, 5.41) is 3.20. The van der Waals surface area contributed by atoms with Gasteiger partial charge in [-0.05, 0) is 47.0 Å². The van der Waals surface area contributed by atoms with Crippen LogP contribution < -0.4 is 5.32 Å². The molecular weight excluding hydrogens is 272 g/mol. The van der Waals surface area contributed by atoms with Crippen LogP contribution in [0.5, 0.6) is 0 Å². The standard InChI is InChI=1S/C15H28N2O4/c1-5-20-13(18)11-16-12-7-6-9-17(10-8-12)14(19)21-15(2,3)4/h12,16H,5-11H2,1-4H3. The number of nitrogens with zero attached hydrogens (tertiary/aromatic N) is 1. The summed E-state index contributed by atoms with van der Waals surface area (Å²) >= 11 is 0. The Labute approximate surface area is 127 Å². The van der Waals surface area contributed by atoms with Crippen LogP contribution in [0.2, 0.25) is 0 Å². The molecule has 0 spiro atoms. The van der Waals surface area contributed by atoms with Crippen LogP contribution in [0.3, 0.4) is 0 Å². The lowest BCUT2D eigenvalue weighted by Crippen LogP contribution is -2.38. The highest BCUT2D eigenvalue weighted by molar-refractivity contribution is 5.71. The summed E-state index contributed by atoms with van der Waals surface area (Å²) in [6, 6.07) is 0.238. The molecule has 122 valence electrons. The number of carbonyl (C=O) groups is 2. The Morgan fingerprint density at radius 3 is 2.57 bits per heavy atom. The summed E-state index contributed by atoms with van der Waals surface area (Å²) in [6.07, 6.45) is 2.41. The molecule has 0 aromatic carbocycles. The Hall–Kier alpha value is -1.30. The van der Waals surface area contributed by atoms with Crippen molar-refractivity contribution in [3.8, 4) is 0 Å². The number of esters is 1. The molecule has 0 bridgehead atoms. The maximum absolute atomic E-state index is 12.0. The van der Waals surface area contributed by atoms with Crippen LogP contribution in [0.15, 0.2) is 0 Å². The van der Waals surface area contributed by atoms with Gasteiger partial charge in [0, 0.05) is 19.1 Å². The number of carbonyl (C=O) groups excluding carboxylic acids is 2. The van der Waals surface area contributed by atoms with Crippen LogP contribution in [0, 0.1) is 0 Å². The average molecular weight is 300 g/mol. The molecule has 1 heterocycles. The van der Waals surface area contributed by atoms with E-state index in [2.05, 4.69) is 5.32 Å². The summed E-state index contributed by atoms with van der Waals surface area (Å²) in [7, 11) is 0. The fourth-order valence-electron chi connectivity index (χ4n) is 2.25. The third-order valence-corrected chi connectivity index (χ3v) is 3.22. The zero-order valence-electron chi connectivity index (χ0n) is 13.6. The molecule has 1 unspecified atom stereocenters. The first-order valence-corrected chi connectivity index (χ1v) is 7.68. The van der Waals surface area contributed by atoms with Crippen molar-refractivity contribution in [2.75, 3.05) is 26.2 Å². The fraction of sp³-hybridized carbons (Fsp3) is 0.867. The molecule has 1 N–H and O–H groups in total. The Kier molecular flexibility index (Phi) is 6.95. The molecule has 0 aromatic heterocycles. The van der Waals surface area contributed by atoms with Gasteiger partial charge in [-0.15, -0.1) is 0 Å². The van der Waals surface area contributed by atoms with Gasteiger partial charge in [-0.25, -0.2) is 4.79 Å². The number of amides is 1. The third kappa shape index (κ3) is 7.32. The summed E-state index contributed by atoms with van der Waals surface area (Å²) in [5.41, 5.74) is -0.467. The molecular formula is C15H28N2O4. The average Bonchev–Trinajstić information content (AvgIpc) is 2.60. The van der Waals surface area contributed by atoms with E-state index in [0.29, 0.717) is 19.7 Å². The summed E-state index contributed by atoms with van der Waals surface area (Å²) in [4.78, 5) is 25.1. The smallest absolute Gasteiger partial charge is 0.410 e. The Morgan fingerprint density at radius 1 is 1.24 bits per heavy atom. The molecule has 1 aliphatic rings. The van der Waals surface area contributed by atoms with Gasteiger partial charge in [0.05, 0.1) is 13.2 Å². The van der Waals surface area contributed by atoms with E-state index < -0.39 is 5.60 Å². The van der Waals surface area contributed by atoms with E-state index in [0.717, 1.165) is 19.3 Å². The number of hydrogen-bond donors (Lipinski definition) is 1. The number of hydrogen-bond acceptors (Lipinski definition) is 5. The van der Waals surface area contributed by atoms with Gasteiger partial charge < -0.3 is 19.7 Å². The molecule has 0 aromatic rings. The zero-order chi connectivity index (χ0) is 15.9. The lowest BCUT2D eigenvalue weighted by Gasteiger charge is -2.26. The molecule has 21 heavy (non-hydrogen) atoms. The van der Waals surface area contributed by atoms with Gasteiger partial charge in [0.15, 0.2) is 0 Å². The van der Waals surface area contributed by atoms with Crippen LogP contribution in [-0.4, -0.2) is 54.8 Å². The number of nitrogens with one attached hydrogen (secondary N) is 1. The van der Waals surface area contributed by atoms with Crippen LogP contribution in [0.25, 0.3) is 0 Å². The molecule has 1 aliphatic heterocycles. The molecule has 0 aliphatic carbocycles. The van der Waals surface area contributed by atoms with Gasteiger partial charge in [-0.1, -0.05) is 0 Å². The lowest BCUT2D eigenvalue weighted by atomic mass is 10.1. The Morgan fingerprint density at radius 2 is 1.95 bits per heavy atom. The van der Waals surface area contributed by atoms with Gasteiger partial charge in [0.1, 0.15) is 5.60 Å². The molecule has 1 rings (SSSR count). The molecule has 0 saturated carbocycles. The number of ether oxygens (including phenoxy) is 2. The third-order valence-electron chi connectivity index (χ3n) is 3.22. The second-order valence-corrected chi connectivity index (χ2v) is 6.28. The minimum Gasteiger partial charge on any atom is -0.465 e. The van der Waals surface area contributed by atoms with Gasteiger partial charge in [-0.3, -0.25) is 4.79 Å². The SMILES string of the molecule is CCOC(=O)CNC1CCCN(C(=O)OC(C)(C)C)CC1. The summed E-state index contributed by atoms with van der Waals surface area (Å²) in [5.74, 6) is -0.231. The first-order chi connectivity index (χ1) is 9.81. The molecule has 1 fully saturated rings. The van der Waals surface area contributed by atoms with E-state index in [4.69, 9.17) is 9.47 Å². The second-order valence-electron chi connectivity index (χ2n) is 6.28. The van der Waals surface area contributed by atoms with Crippen molar-refractivity contribution in [3.05, 3.63) is 0 Å². The monoisotopic (exact) mass is 300 g/mol. The van der Waals surface area contributed by atoms with E-state index in [1.54, 1.807) is 11.8 Å². The van der Waals surface area contributed by atoms with E-state index >= 15 is 0 Å². The van der Waals surface area contributed by atoms with Crippen LogP contribution in [-0.2, 0) is 14.3 Å². The lowest BCUT2D eigenvalue weighted by molar-refractivity contribution is -0.142. The zero-order valence-corrected chi connectivity index (χ0v) is 13.6. The second kappa shape index (κ2) is 8.22. The number of likely N-dealkylation sites (tertiary alicyclic amines) is 1. The first-order valence-electron chi connectivity index (χ1n) is 7.68. The van der Waals surface area contributed by atoms with E-state index in [9.17, 15) is 9.59 Å². The predicted molar refractivity (Wildman–Crippen MR) is 80.1 cm³/mol. The van der Waals surface area contributed by atoms with Crippen molar-refractivity contribution < 1.29 is 19.1 Å². The minimum absolute atomic E-state index is 0.227.